The predicted molar refractivity (Wildman–Crippen MR) is 253 cm³/mol. The van der Waals surface area contributed by atoms with Crippen molar-refractivity contribution < 1.29 is 37.6 Å². The van der Waals surface area contributed by atoms with E-state index in [0.717, 1.165) is 103 Å². The summed E-state index contributed by atoms with van der Waals surface area (Å²) in [5.74, 6) is -0.817. The molecule has 0 aliphatic carbocycles. The van der Waals surface area contributed by atoms with Gasteiger partial charge in [-0.25, -0.2) is 4.57 Å². The molecule has 0 heterocycles. The first-order valence-corrected chi connectivity index (χ1v) is 25.4. The van der Waals surface area contributed by atoms with Crippen LogP contribution in [0.5, 0.6) is 0 Å². The lowest BCUT2D eigenvalue weighted by atomic mass is 10.0. The van der Waals surface area contributed by atoms with Crippen molar-refractivity contribution in [2.45, 2.75) is 207 Å². The molecule has 0 aromatic heterocycles. The third kappa shape index (κ3) is 44.8. The molecule has 60 heavy (non-hydrogen) atoms. The zero-order valence-corrected chi connectivity index (χ0v) is 39.2. The van der Waals surface area contributed by atoms with Crippen LogP contribution in [0.4, 0.5) is 0 Å². The highest BCUT2D eigenvalue weighted by atomic mass is 31.2. The molecule has 0 amide bonds. The molecule has 0 bridgehead atoms. The molecule has 0 aromatic rings. The number of phosphoric ester groups is 1. The van der Waals surface area contributed by atoms with Crippen LogP contribution in [0.3, 0.4) is 0 Å². The maximum Gasteiger partial charge on any atom is 0.472 e. The molecular formula is C51H87O8P. The molecule has 0 saturated carbocycles. The van der Waals surface area contributed by atoms with Crippen LogP contribution in [-0.4, -0.2) is 42.8 Å². The van der Waals surface area contributed by atoms with Gasteiger partial charge in [0.1, 0.15) is 6.61 Å². The number of esters is 2. The largest absolute Gasteiger partial charge is 0.472 e. The zero-order valence-electron chi connectivity index (χ0n) is 38.3. The standard InChI is InChI=1S/C51H87O8P/c1-4-7-9-11-13-15-17-19-21-23-24-25-26-27-28-30-32-34-36-38-40-42-44-46-51(53)59-49(48-58-60(54,55)57-6-3)47-56-50(52)45-43-41-39-37-35-33-31-29-22-20-18-16-14-12-10-8-5-2/h7-10,13-16,19-22,24-25,49H,4-6,11-12,17-18,23,26-48H2,1-3H3,(H,54,55)/b9-7-,10-8-,15-13-,16-14-,21-19-,22-20-,25-24-. The van der Waals surface area contributed by atoms with Gasteiger partial charge < -0.3 is 14.4 Å². The normalized spacial score (nSPS) is 14.0. The van der Waals surface area contributed by atoms with Gasteiger partial charge in [0, 0.05) is 12.8 Å². The van der Waals surface area contributed by atoms with E-state index in [9.17, 15) is 19.0 Å². The van der Waals surface area contributed by atoms with E-state index < -0.39 is 26.5 Å². The van der Waals surface area contributed by atoms with Crippen molar-refractivity contribution in [1.29, 1.82) is 0 Å². The van der Waals surface area contributed by atoms with Crippen molar-refractivity contribution in [2.75, 3.05) is 19.8 Å². The Morgan fingerprint density at radius 3 is 1.20 bits per heavy atom. The van der Waals surface area contributed by atoms with E-state index in [0.29, 0.717) is 6.42 Å². The highest BCUT2D eigenvalue weighted by Gasteiger charge is 2.25. The summed E-state index contributed by atoms with van der Waals surface area (Å²) in [6, 6.07) is 0. The van der Waals surface area contributed by atoms with Crippen LogP contribution in [-0.2, 0) is 32.7 Å². The summed E-state index contributed by atoms with van der Waals surface area (Å²) in [7, 11) is -4.29. The van der Waals surface area contributed by atoms with Crippen LogP contribution >= 0.6 is 7.82 Å². The van der Waals surface area contributed by atoms with Gasteiger partial charge in [0.2, 0.25) is 0 Å². The summed E-state index contributed by atoms with van der Waals surface area (Å²) in [5, 5.41) is 0. The number of carbonyl (C=O) groups excluding carboxylic acids is 2. The molecule has 2 unspecified atom stereocenters. The summed E-state index contributed by atoms with van der Waals surface area (Å²) >= 11 is 0. The lowest BCUT2D eigenvalue weighted by molar-refractivity contribution is -0.161. The van der Waals surface area contributed by atoms with Gasteiger partial charge in [-0.2, -0.15) is 0 Å². The smallest absolute Gasteiger partial charge is 0.462 e. The molecule has 0 rings (SSSR count). The summed E-state index contributed by atoms with van der Waals surface area (Å²) < 4.78 is 32.7. The maximum atomic E-state index is 12.6. The van der Waals surface area contributed by atoms with E-state index in [1.807, 2.05) is 0 Å². The van der Waals surface area contributed by atoms with Crippen molar-refractivity contribution in [1.82, 2.24) is 0 Å². The Hall–Kier alpha value is -2.77. The second kappa shape index (κ2) is 45.7. The summed E-state index contributed by atoms with van der Waals surface area (Å²) in [6.07, 6.45) is 59.2. The molecule has 0 aliphatic heterocycles. The number of carbonyl (C=O) groups is 2. The average Bonchev–Trinajstić information content (AvgIpc) is 3.23. The predicted octanol–water partition coefficient (Wildman–Crippen LogP) is 15.5. The molecule has 1 N–H and O–H groups in total. The Morgan fingerprint density at radius 1 is 0.450 bits per heavy atom. The SMILES string of the molecule is CC/C=C\C/C=C\C/C=C\C/C=C\CCCCCCCCCCCCC(=O)OC(COC(=O)CCCCCCCCC/C=C\C/C=C\C/C=C\CC)COP(=O)(O)OCC. The van der Waals surface area contributed by atoms with Crippen molar-refractivity contribution in [3.05, 3.63) is 85.1 Å². The van der Waals surface area contributed by atoms with Crippen LogP contribution in [0.2, 0.25) is 0 Å². The van der Waals surface area contributed by atoms with E-state index in [2.05, 4.69) is 98.9 Å². The minimum absolute atomic E-state index is 0.00632. The van der Waals surface area contributed by atoms with Gasteiger partial charge in [-0.05, 0) is 90.4 Å². The molecule has 0 saturated heterocycles. The first-order valence-electron chi connectivity index (χ1n) is 23.9. The minimum atomic E-state index is -4.29. The number of unbranched alkanes of at least 4 members (excludes halogenated alkanes) is 17. The lowest BCUT2D eigenvalue weighted by Gasteiger charge is -2.19. The Balaban J connectivity index is 4.04. The molecule has 8 nitrogen and oxygen atoms in total. The van der Waals surface area contributed by atoms with Gasteiger partial charge in [-0.1, -0.05) is 182 Å². The van der Waals surface area contributed by atoms with Crippen molar-refractivity contribution in [3.63, 3.8) is 0 Å². The molecule has 2 atom stereocenters. The Kier molecular flexibility index (Phi) is 43.6. The second-order valence-electron chi connectivity index (χ2n) is 15.4. The van der Waals surface area contributed by atoms with Crippen molar-refractivity contribution in [2.24, 2.45) is 0 Å². The Labute approximate surface area is 367 Å². The van der Waals surface area contributed by atoms with Crippen LogP contribution in [0, 0.1) is 0 Å². The van der Waals surface area contributed by atoms with Crippen LogP contribution in [0.15, 0.2) is 85.1 Å². The molecule has 9 heteroatoms. The van der Waals surface area contributed by atoms with Crippen LogP contribution < -0.4 is 0 Å². The first-order chi connectivity index (χ1) is 29.3. The van der Waals surface area contributed by atoms with E-state index >= 15 is 0 Å². The molecule has 0 aromatic carbocycles. The number of hydrogen-bond donors (Lipinski definition) is 1. The third-order valence-electron chi connectivity index (χ3n) is 9.70. The van der Waals surface area contributed by atoms with Crippen LogP contribution in [0.1, 0.15) is 201 Å². The number of hydrogen-bond acceptors (Lipinski definition) is 7. The summed E-state index contributed by atoms with van der Waals surface area (Å²) in [4.78, 5) is 34.9. The minimum Gasteiger partial charge on any atom is -0.462 e. The van der Waals surface area contributed by atoms with E-state index in [4.69, 9.17) is 18.5 Å². The van der Waals surface area contributed by atoms with Gasteiger partial charge in [-0.15, -0.1) is 0 Å². The first kappa shape index (κ1) is 57.2. The molecule has 0 radical (unpaired) electrons. The monoisotopic (exact) mass is 859 g/mol. The molecule has 0 spiro atoms. The van der Waals surface area contributed by atoms with Gasteiger partial charge in [0.15, 0.2) is 6.10 Å². The fraction of sp³-hybridized carbons (Fsp3) is 0.686. The lowest BCUT2D eigenvalue weighted by Crippen LogP contribution is -2.29. The highest BCUT2D eigenvalue weighted by molar-refractivity contribution is 7.47. The molecule has 0 fully saturated rings. The molecular weight excluding hydrogens is 772 g/mol. The second-order valence-corrected chi connectivity index (χ2v) is 16.8. The Morgan fingerprint density at radius 2 is 0.800 bits per heavy atom. The maximum absolute atomic E-state index is 12.6. The van der Waals surface area contributed by atoms with Gasteiger partial charge in [0.05, 0.1) is 13.2 Å². The third-order valence-corrected chi connectivity index (χ3v) is 10.8. The van der Waals surface area contributed by atoms with Gasteiger partial charge >= 0.3 is 19.8 Å². The topological polar surface area (TPSA) is 108 Å². The van der Waals surface area contributed by atoms with E-state index in [1.54, 1.807) is 6.92 Å². The average molecular weight is 859 g/mol. The number of rotatable bonds is 43. The molecule has 344 valence electrons. The van der Waals surface area contributed by atoms with E-state index in [1.165, 1.54) is 57.8 Å². The van der Waals surface area contributed by atoms with Crippen molar-refractivity contribution in [3.8, 4) is 0 Å². The van der Waals surface area contributed by atoms with Gasteiger partial charge in [0.25, 0.3) is 0 Å². The van der Waals surface area contributed by atoms with Crippen LogP contribution in [0.25, 0.3) is 0 Å². The highest BCUT2D eigenvalue weighted by Crippen LogP contribution is 2.43. The molecule has 0 aliphatic rings. The van der Waals surface area contributed by atoms with Crippen molar-refractivity contribution >= 4 is 19.8 Å². The number of allylic oxidation sites excluding steroid dienone is 14. The zero-order chi connectivity index (χ0) is 43.9. The number of phosphoric acid groups is 1. The van der Waals surface area contributed by atoms with Gasteiger partial charge in [-0.3, -0.25) is 18.6 Å². The number of ether oxygens (including phenoxy) is 2. The quantitative estimate of drug-likeness (QED) is 0.0279. The fourth-order valence-electron chi connectivity index (χ4n) is 6.28. The summed E-state index contributed by atoms with van der Waals surface area (Å²) in [6.45, 7) is 5.24. The van der Waals surface area contributed by atoms with E-state index in [-0.39, 0.29) is 32.0 Å². The Bertz CT molecular complexity index is 1250. The summed E-state index contributed by atoms with van der Waals surface area (Å²) in [5.41, 5.74) is 0. The fourth-order valence-corrected chi connectivity index (χ4v) is 7.04.